The van der Waals surface area contributed by atoms with Crippen LogP contribution in [-0.2, 0) is 4.79 Å². The van der Waals surface area contributed by atoms with Gasteiger partial charge >= 0.3 is 5.97 Å². The quantitative estimate of drug-likeness (QED) is 0.865. The van der Waals surface area contributed by atoms with Gasteiger partial charge in [0.2, 0.25) is 0 Å². The van der Waals surface area contributed by atoms with Crippen molar-refractivity contribution in [3.05, 3.63) is 34.1 Å². The molecule has 0 radical (unpaired) electrons. The Morgan fingerprint density at radius 2 is 1.95 bits per heavy atom. The third-order valence-electron chi connectivity index (χ3n) is 3.68. The number of aryl methyl sites for hydroxylation is 1. The number of hydrogen-bond acceptors (Lipinski definition) is 2. The van der Waals surface area contributed by atoms with Crippen molar-refractivity contribution in [3.63, 3.8) is 0 Å². The fourth-order valence-corrected chi connectivity index (χ4v) is 2.86. The Kier molecular flexibility index (Phi) is 3.90. The summed E-state index contributed by atoms with van der Waals surface area (Å²) in [7, 11) is 0. The van der Waals surface area contributed by atoms with Gasteiger partial charge in [0.1, 0.15) is 5.82 Å². The van der Waals surface area contributed by atoms with E-state index in [-0.39, 0.29) is 16.4 Å². The highest BCUT2D eigenvalue weighted by atomic mass is 35.5. The maximum absolute atomic E-state index is 13.3. The molecule has 1 saturated carbocycles. The summed E-state index contributed by atoms with van der Waals surface area (Å²) in [4.78, 5) is 23.5. The number of carboxylic acid groups (broad SMARTS) is 1. The topological polar surface area (TPSA) is 54.4 Å². The number of Topliss-reactive ketones (excluding diaryl/α,β-unsaturated/α-hetero) is 1. The molecule has 0 aliphatic heterocycles. The van der Waals surface area contributed by atoms with Crippen LogP contribution in [0.1, 0.15) is 35.2 Å². The lowest BCUT2D eigenvalue weighted by molar-refractivity contribution is -0.142. The zero-order valence-electron chi connectivity index (χ0n) is 10.5. The van der Waals surface area contributed by atoms with Gasteiger partial charge in [-0.2, -0.15) is 0 Å². The molecule has 3 nitrogen and oxygen atoms in total. The number of benzene rings is 1. The summed E-state index contributed by atoms with van der Waals surface area (Å²) < 4.78 is 13.3. The fourth-order valence-electron chi connectivity index (χ4n) is 2.62. The van der Waals surface area contributed by atoms with Crippen molar-refractivity contribution in [2.45, 2.75) is 26.2 Å². The van der Waals surface area contributed by atoms with E-state index < -0.39 is 23.6 Å². The van der Waals surface area contributed by atoms with Crippen molar-refractivity contribution in [2.75, 3.05) is 0 Å². The second kappa shape index (κ2) is 5.29. The first-order chi connectivity index (χ1) is 8.91. The van der Waals surface area contributed by atoms with Gasteiger partial charge in [-0.05, 0) is 37.5 Å². The van der Waals surface area contributed by atoms with Crippen LogP contribution in [0.4, 0.5) is 4.39 Å². The predicted molar refractivity (Wildman–Crippen MR) is 68.9 cm³/mol. The Morgan fingerprint density at radius 3 is 2.58 bits per heavy atom. The Hall–Kier alpha value is -1.42. The zero-order valence-corrected chi connectivity index (χ0v) is 11.2. The van der Waals surface area contributed by atoms with Crippen LogP contribution >= 0.6 is 11.6 Å². The lowest BCUT2D eigenvalue weighted by Crippen LogP contribution is -2.25. The largest absolute Gasteiger partial charge is 0.481 e. The number of hydrogen-bond donors (Lipinski definition) is 1. The van der Waals surface area contributed by atoms with Crippen molar-refractivity contribution >= 4 is 23.4 Å². The molecule has 0 amide bonds. The Morgan fingerprint density at radius 1 is 1.32 bits per heavy atom. The first kappa shape index (κ1) is 14.0. The summed E-state index contributed by atoms with van der Waals surface area (Å²) in [6.07, 6.45) is 1.76. The molecule has 1 aromatic carbocycles. The Balaban J connectivity index is 2.34. The molecule has 1 N–H and O–H groups in total. The van der Waals surface area contributed by atoms with E-state index in [0.29, 0.717) is 24.8 Å². The number of halogens is 2. The van der Waals surface area contributed by atoms with Crippen LogP contribution in [0.15, 0.2) is 12.1 Å². The number of aliphatic carboxylic acids is 1. The summed E-state index contributed by atoms with van der Waals surface area (Å²) in [5.41, 5.74) is 0.552. The third-order valence-corrected chi connectivity index (χ3v) is 4.00. The smallest absolute Gasteiger partial charge is 0.307 e. The number of ketones is 1. The molecule has 102 valence electrons. The Bertz CT molecular complexity index is 542. The predicted octanol–water partition coefficient (Wildman–Crippen LogP) is 3.47. The van der Waals surface area contributed by atoms with Gasteiger partial charge in [0, 0.05) is 11.5 Å². The van der Waals surface area contributed by atoms with E-state index in [1.807, 2.05) is 0 Å². The minimum atomic E-state index is -0.953. The summed E-state index contributed by atoms with van der Waals surface area (Å²) in [6, 6.07) is 2.51. The lowest BCUT2D eigenvalue weighted by Gasteiger charge is -2.15. The highest BCUT2D eigenvalue weighted by Crippen LogP contribution is 2.36. The van der Waals surface area contributed by atoms with Crippen LogP contribution in [-0.4, -0.2) is 16.9 Å². The molecule has 19 heavy (non-hydrogen) atoms. The fraction of sp³-hybridized carbons (Fsp3) is 0.429. The lowest BCUT2D eigenvalue weighted by atomic mass is 9.88. The van der Waals surface area contributed by atoms with Crippen molar-refractivity contribution in [2.24, 2.45) is 11.8 Å². The van der Waals surface area contributed by atoms with E-state index in [2.05, 4.69) is 0 Å². The zero-order chi connectivity index (χ0) is 14.2. The minimum absolute atomic E-state index is 0.0455. The first-order valence-electron chi connectivity index (χ1n) is 6.14. The monoisotopic (exact) mass is 284 g/mol. The van der Waals surface area contributed by atoms with Crippen LogP contribution in [0.2, 0.25) is 5.02 Å². The van der Waals surface area contributed by atoms with E-state index in [0.717, 1.165) is 6.07 Å². The molecule has 1 fully saturated rings. The average molecular weight is 285 g/mol. The number of carbonyl (C=O) groups excluding carboxylic acids is 1. The van der Waals surface area contributed by atoms with E-state index in [1.165, 1.54) is 6.07 Å². The normalized spacial score (nSPS) is 22.5. The second-order valence-electron chi connectivity index (χ2n) is 4.93. The van der Waals surface area contributed by atoms with E-state index in [4.69, 9.17) is 16.7 Å². The number of rotatable bonds is 3. The molecule has 0 spiro atoms. The van der Waals surface area contributed by atoms with Crippen molar-refractivity contribution in [1.29, 1.82) is 0 Å². The molecule has 1 aliphatic rings. The van der Waals surface area contributed by atoms with Crippen molar-refractivity contribution in [1.82, 2.24) is 0 Å². The molecule has 2 rings (SSSR count). The summed E-state index contributed by atoms with van der Waals surface area (Å²) >= 11 is 5.89. The van der Waals surface area contributed by atoms with Gasteiger partial charge in [-0.15, -0.1) is 0 Å². The van der Waals surface area contributed by atoms with Crippen molar-refractivity contribution < 1.29 is 19.1 Å². The molecule has 2 unspecified atom stereocenters. The van der Waals surface area contributed by atoms with Crippen LogP contribution in [0.25, 0.3) is 0 Å². The molecule has 1 aliphatic carbocycles. The van der Waals surface area contributed by atoms with Gasteiger partial charge in [0.15, 0.2) is 5.78 Å². The van der Waals surface area contributed by atoms with Gasteiger partial charge in [0.25, 0.3) is 0 Å². The maximum atomic E-state index is 13.3. The summed E-state index contributed by atoms with van der Waals surface area (Å²) in [5, 5.41) is 9.15. The Labute approximate surface area is 115 Å². The third kappa shape index (κ3) is 2.63. The second-order valence-corrected chi connectivity index (χ2v) is 5.33. The van der Waals surface area contributed by atoms with Gasteiger partial charge in [0.05, 0.1) is 10.9 Å². The number of carboxylic acids is 1. The van der Waals surface area contributed by atoms with Crippen LogP contribution in [0.5, 0.6) is 0 Å². The highest BCUT2D eigenvalue weighted by molar-refractivity contribution is 6.34. The standard InChI is InChI=1S/C14H14ClFO3/c1-7-5-10(11(15)6-12(7)16)13(17)8-3-2-4-9(8)14(18)19/h5-6,8-9H,2-4H2,1H3,(H,18,19). The molecule has 0 bridgehead atoms. The molecule has 0 aromatic heterocycles. The van der Waals surface area contributed by atoms with Gasteiger partial charge in [-0.25, -0.2) is 4.39 Å². The molecule has 0 saturated heterocycles. The molecule has 1 aromatic rings. The van der Waals surface area contributed by atoms with Gasteiger partial charge in [-0.3, -0.25) is 9.59 Å². The van der Waals surface area contributed by atoms with Crippen LogP contribution in [0.3, 0.4) is 0 Å². The SMILES string of the molecule is Cc1cc(C(=O)C2CCCC2C(=O)O)c(Cl)cc1F. The van der Waals surface area contributed by atoms with E-state index in [1.54, 1.807) is 6.92 Å². The molecular weight excluding hydrogens is 271 g/mol. The molecule has 5 heteroatoms. The molecule has 0 heterocycles. The minimum Gasteiger partial charge on any atom is -0.481 e. The summed E-state index contributed by atoms with van der Waals surface area (Å²) in [5.74, 6) is -2.93. The maximum Gasteiger partial charge on any atom is 0.307 e. The summed E-state index contributed by atoms with van der Waals surface area (Å²) in [6.45, 7) is 1.55. The van der Waals surface area contributed by atoms with E-state index in [9.17, 15) is 14.0 Å². The molecular formula is C14H14ClFO3. The van der Waals surface area contributed by atoms with Crippen LogP contribution < -0.4 is 0 Å². The van der Waals surface area contributed by atoms with Gasteiger partial charge < -0.3 is 5.11 Å². The first-order valence-corrected chi connectivity index (χ1v) is 6.52. The van der Waals surface area contributed by atoms with E-state index >= 15 is 0 Å². The van der Waals surface area contributed by atoms with Gasteiger partial charge in [-0.1, -0.05) is 18.0 Å². The number of carbonyl (C=O) groups is 2. The molecule has 2 atom stereocenters. The average Bonchev–Trinajstić information content (AvgIpc) is 2.82. The van der Waals surface area contributed by atoms with Crippen molar-refractivity contribution in [3.8, 4) is 0 Å². The highest BCUT2D eigenvalue weighted by Gasteiger charge is 2.38. The van der Waals surface area contributed by atoms with Crippen LogP contribution in [0, 0.1) is 24.6 Å².